The number of anilines is 3. The van der Waals surface area contributed by atoms with Gasteiger partial charge in [0, 0.05) is 25.5 Å². The second-order valence-corrected chi connectivity index (χ2v) is 5.56. The van der Waals surface area contributed by atoms with Crippen LogP contribution in [0.1, 0.15) is 5.56 Å². The summed E-state index contributed by atoms with van der Waals surface area (Å²) >= 11 is 0. The Morgan fingerprint density at radius 3 is 2.38 bits per heavy atom. The fourth-order valence-electron chi connectivity index (χ4n) is 2.15. The van der Waals surface area contributed by atoms with E-state index in [9.17, 15) is 9.59 Å². The molecule has 2 aromatic rings. The Balaban J connectivity index is 2.09. The molecule has 0 radical (unpaired) electrons. The molecule has 24 heavy (non-hydrogen) atoms. The van der Waals surface area contributed by atoms with Gasteiger partial charge in [-0.1, -0.05) is 12.1 Å². The summed E-state index contributed by atoms with van der Waals surface area (Å²) in [4.78, 5) is 26.1. The molecular weight excluding hydrogens is 306 g/mol. The first kappa shape index (κ1) is 17.3. The molecule has 0 saturated carbocycles. The number of hydrogen-bond acceptors (Lipinski definition) is 4. The van der Waals surface area contributed by atoms with Gasteiger partial charge in [-0.25, -0.2) is 0 Å². The molecule has 2 N–H and O–H groups in total. The highest BCUT2D eigenvalue weighted by Crippen LogP contribution is 2.25. The monoisotopic (exact) mass is 327 g/mol. The van der Waals surface area contributed by atoms with E-state index >= 15 is 0 Å². The van der Waals surface area contributed by atoms with Gasteiger partial charge in [-0.15, -0.1) is 0 Å². The van der Waals surface area contributed by atoms with Crippen molar-refractivity contribution in [3.05, 3.63) is 48.0 Å². The fourth-order valence-corrected chi connectivity index (χ4v) is 2.15. The van der Waals surface area contributed by atoms with Gasteiger partial charge in [-0.2, -0.15) is 0 Å². The summed E-state index contributed by atoms with van der Waals surface area (Å²) in [5.74, 6) is -1.00. The Labute approximate surface area is 141 Å². The molecule has 126 valence electrons. The van der Waals surface area contributed by atoms with E-state index in [1.807, 2.05) is 44.1 Å². The number of ether oxygens (including phenoxy) is 1. The maximum atomic E-state index is 12.1. The quantitative estimate of drug-likeness (QED) is 0.847. The highest BCUT2D eigenvalue weighted by atomic mass is 16.5. The molecule has 0 aliphatic carbocycles. The zero-order valence-corrected chi connectivity index (χ0v) is 14.2. The topological polar surface area (TPSA) is 70.7 Å². The summed E-state index contributed by atoms with van der Waals surface area (Å²) in [6, 6.07) is 12.6. The Hall–Kier alpha value is -3.02. The van der Waals surface area contributed by atoms with Gasteiger partial charge in [0.05, 0.1) is 12.8 Å². The van der Waals surface area contributed by atoms with Gasteiger partial charge < -0.3 is 20.3 Å². The summed E-state index contributed by atoms with van der Waals surface area (Å²) < 4.78 is 5.19. The normalized spacial score (nSPS) is 10.0. The minimum atomic E-state index is -0.755. The third kappa shape index (κ3) is 4.25. The van der Waals surface area contributed by atoms with Crippen LogP contribution >= 0.6 is 0 Å². The van der Waals surface area contributed by atoms with E-state index in [2.05, 4.69) is 10.6 Å². The standard InChI is InChI=1S/C18H21N3O3/c1-12-8-9-16(24-4)15(10-12)20-18(23)17(22)19-13-6-5-7-14(11-13)21(2)3/h5-11H,1-4H3,(H,19,22)(H,20,23). The van der Waals surface area contributed by atoms with Crippen LogP contribution in [0.4, 0.5) is 17.1 Å². The van der Waals surface area contributed by atoms with E-state index in [4.69, 9.17) is 4.74 Å². The van der Waals surface area contributed by atoms with Gasteiger partial charge in [0.1, 0.15) is 5.75 Å². The van der Waals surface area contributed by atoms with E-state index in [1.165, 1.54) is 7.11 Å². The average molecular weight is 327 g/mol. The molecule has 0 aliphatic heterocycles. The third-order valence-electron chi connectivity index (χ3n) is 3.43. The Kier molecular flexibility index (Phi) is 5.42. The Bertz CT molecular complexity index is 757. The number of nitrogens with one attached hydrogen (secondary N) is 2. The number of rotatable bonds is 4. The number of hydrogen-bond donors (Lipinski definition) is 2. The summed E-state index contributed by atoms with van der Waals surface area (Å²) in [5, 5.41) is 5.16. The zero-order valence-electron chi connectivity index (χ0n) is 14.2. The summed E-state index contributed by atoms with van der Waals surface area (Å²) in [6.07, 6.45) is 0. The Morgan fingerprint density at radius 2 is 1.71 bits per heavy atom. The molecule has 0 bridgehead atoms. The van der Waals surface area contributed by atoms with Crippen LogP contribution in [0, 0.1) is 6.92 Å². The van der Waals surface area contributed by atoms with Gasteiger partial charge >= 0.3 is 11.8 Å². The number of carbonyl (C=O) groups is 2. The van der Waals surface area contributed by atoms with Crippen LogP contribution in [0.15, 0.2) is 42.5 Å². The van der Waals surface area contributed by atoms with Gasteiger partial charge in [-0.3, -0.25) is 9.59 Å². The van der Waals surface area contributed by atoms with Gasteiger partial charge in [0.15, 0.2) is 0 Å². The van der Waals surface area contributed by atoms with Crippen molar-refractivity contribution < 1.29 is 14.3 Å². The van der Waals surface area contributed by atoms with Crippen LogP contribution < -0.4 is 20.3 Å². The van der Waals surface area contributed by atoms with Crippen LogP contribution in [0.5, 0.6) is 5.75 Å². The molecule has 6 heteroatoms. The predicted molar refractivity (Wildman–Crippen MR) is 95.8 cm³/mol. The first-order valence-electron chi connectivity index (χ1n) is 7.45. The zero-order chi connectivity index (χ0) is 17.7. The van der Waals surface area contributed by atoms with Crippen molar-refractivity contribution in [3.63, 3.8) is 0 Å². The number of methoxy groups -OCH3 is 1. The SMILES string of the molecule is COc1ccc(C)cc1NC(=O)C(=O)Nc1cccc(N(C)C)c1. The lowest BCUT2D eigenvalue weighted by molar-refractivity contribution is -0.133. The van der Waals surface area contributed by atoms with Crippen molar-refractivity contribution in [1.82, 2.24) is 0 Å². The van der Waals surface area contributed by atoms with Crippen LogP contribution in [0.2, 0.25) is 0 Å². The summed E-state index contributed by atoms with van der Waals surface area (Å²) in [7, 11) is 5.31. The summed E-state index contributed by atoms with van der Waals surface area (Å²) in [5.41, 5.74) is 2.89. The lowest BCUT2D eigenvalue weighted by atomic mass is 10.2. The highest BCUT2D eigenvalue weighted by Gasteiger charge is 2.16. The van der Waals surface area contributed by atoms with Crippen LogP contribution in [-0.2, 0) is 9.59 Å². The predicted octanol–water partition coefficient (Wildman–Crippen LogP) is 2.65. The number of carbonyl (C=O) groups excluding carboxylic acids is 2. The van der Waals surface area contributed by atoms with Crippen molar-refractivity contribution in [2.45, 2.75) is 6.92 Å². The molecular formula is C18H21N3O3. The first-order chi connectivity index (χ1) is 11.4. The lowest BCUT2D eigenvalue weighted by Gasteiger charge is -2.14. The van der Waals surface area contributed by atoms with E-state index in [-0.39, 0.29) is 0 Å². The molecule has 0 unspecified atom stereocenters. The van der Waals surface area contributed by atoms with Crippen molar-refractivity contribution >= 4 is 28.9 Å². The van der Waals surface area contributed by atoms with Gasteiger partial charge in [-0.05, 0) is 42.8 Å². The molecule has 0 aliphatic rings. The van der Waals surface area contributed by atoms with Crippen LogP contribution in [-0.4, -0.2) is 33.0 Å². The van der Waals surface area contributed by atoms with E-state index < -0.39 is 11.8 Å². The maximum absolute atomic E-state index is 12.1. The lowest BCUT2D eigenvalue weighted by Crippen LogP contribution is -2.29. The van der Waals surface area contributed by atoms with Crippen molar-refractivity contribution in [2.75, 3.05) is 36.7 Å². The largest absolute Gasteiger partial charge is 0.495 e. The van der Waals surface area contributed by atoms with Gasteiger partial charge in [0.25, 0.3) is 0 Å². The molecule has 0 saturated heterocycles. The number of benzene rings is 2. The van der Waals surface area contributed by atoms with Crippen LogP contribution in [0.25, 0.3) is 0 Å². The van der Waals surface area contributed by atoms with E-state index in [1.54, 1.807) is 24.3 Å². The van der Waals surface area contributed by atoms with Crippen molar-refractivity contribution in [2.24, 2.45) is 0 Å². The number of aryl methyl sites for hydroxylation is 1. The molecule has 0 heterocycles. The second kappa shape index (κ2) is 7.50. The molecule has 2 rings (SSSR count). The molecule has 0 fully saturated rings. The van der Waals surface area contributed by atoms with Crippen molar-refractivity contribution in [3.8, 4) is 5.75 Å². The van der Waals surface area contributed by atoms with Crippen LogP contribution in [0.3, 0.4) is 0 Å². The molecule has 2 aromatic carbocycles. The minimum absolute atomic E-state index is 0.458. The fraction of sp³-hybridized carbons (Fsp3) is 0.222. The Morgan fingerprint density at radius 1 is 1.00 bits per heavy atom. The molecule has 0 spiro atoms. The highest BCUT2D eigenvalue weighted by molar-refractivity contribution is 6.43. The van der Waals surface area contributed by atoms with Crippen molar-refractivity contribution in [1.29, 1.82) is 0 Å². The molecule has 0 atom stereocenters. The molecule has 6 nitrogen and oxygen atoms in total. The molecule has 0 aromatic heterocycles. The second-order valence-electron chi connectivity index (χ2n) is 5.56. The minimum Gasteiger partial charge on any atom is -0.495 e. The first-order valence-corrected chi connectivity index (χ1v) is 7.45. The smallest absolute Gasteiger partial charge is 0.314 e. The van der Waals surface area contributed by atoms with Gasteiger partial charge in [0.2, 0.25) is 0 Å². The number of amides is 2. The van der Waals surface area contributed by atoms with E-state index in [0.717, 1.165) is 11.3 Å². The summed E-state index contributed by atoms with van der Waals surface area (Å²) in [6.45, 7) is 1.89. The maximum Gasteiger partial charge on any atom is 0.314 e. The molecule has 2 amide bonds. The third-order valence-corrected chi connectivity index (χ3v) is 3.43. The number of nitrogens with zero attached hydrogens (tertiary/aromatic N) is 1. The average Bonchev–Trinajstić information content (AvgIpc) is 2.55. The van der Waals surface area contributed by atoms with E-state index in [0.29, 0.717) is 17.1 Å².